The lowest BCUT2D eigenvalue weighted by atomic mass is 9.91. The van der Waals surface area contributed by atoms with E-state index in [0.29, 0.717) is 10.7 Å². The number of allylic oxidation sites excluding steroid dienone is 2. The highest BCUT2D eigenvalue weighted by Gasteiger charge is 2.29. The first-order valence-electron chi connectivity index (χ1n) is 5.75. The SMILES string of the molecule is CC(C)C1=C(C(C)C)SC(C)(C)CC1. The lowest BCUT2D eigenvalue weighted by Crippen LogP contribution is -2.22. The second kappa shape index (κ2) is 4.30. The fourth-order valence-electron chi connectivity index (χ4n) is 2.03. The molecule has 0 saturated heterocycles. The molecule has 1 rings (SSSR count). The van der Waals surface area contributed by atoms with Crippen molar-refractivity contribution in [3.05, 3.63) is 10.5 Å². The highest BCUT2D eigenvalue weighted by Crippen LogP contribution is 2.47. The van der Waals surface area contributed by atoms with Crippen molar-refractivity contribution in [1.82, 2.24) is 0 Å². The molecule has 0 atom stereocenters. The van der Waals surface area contributed by atoms with Crippen LogP contribution in [0.4, 0.5) is 0 Å². The zero-order valence-electron chi connectivity index (χ0n) is 10.5. The molecule has 0 aromatic rings. The van der Waals surface area contributed by atoms with Crippen LogP contribution < -0.4 is 0 Å². The first kappa shape index (κ1) is 12.2. The third-order valence-corrected chi connectivity index (χ3v) is 4.63. The summed E-state index contributed by atoms with van der Waals surface area (Å²) >= 11 is 2.11. The maximum Gasteiger partial charge on any atom is 0.0150 e. The molecule has 1 heteroatoms. The third kappa shape index (κ3) is 2.79. The van der Waals surface area contributed by atoms with E-state index in [1.807, 2.05) is 0 Å². The van der Waals surface area contributed by atoms with Crippen LogP contribution >= 0.6 is 11.8 Å². The standard InChI is InChI=1S/C13H24S/c1-9(2)11-7-8-13(5,6)14-12(11)10(3)4/h9-10H,7-8H2,1-6H3. The van der Waals surface area contributed by atoms with Gasteiger partial charge in [-0.1, -0.05) is 47.1 Å². The molecule has 1 aliphatic heterocycles. The van der Waals surface area contributed by atoms with Gasteiger partial charge in [-0.15, -0.1) is 11.8 Å². The van der Waals surface area contributed by atoms with Crippen molar-refractivity contribution in [2.75, 3.05) is 0 Å². The minimum atomic E-state index is 0.456. The molecule has 0 aliphatic carbocycles. The van der Waals surface area contributed by atoms with Gasteiger partial charge in [0.05, 0.1) is 0 Å². The fourth-order valence-corrected chi connectivity index (χ4v) is 3.54. The first-order chi connectivity index (χ1) is 6.33. The predicted molar refractivity (Wildman–Crippen MR) is 67.6 cm³/mol. The van der Waals surface area contributed by atoms with Gasteiger partial charge in [-0.2, -0.15) is 0 Å². The van der Waals surface area contributed by atoms with Gasteiger partial charge in [0.25, 0.3) is 0 Å². The summed E-state index contributed by atoms with van der Waals surface area (Å²) in [4.78, 5) is 1.66. The molecule has 0 saturated carbocycles. The normalized spacial score (nSPS) is 22.3. The molecule has 0 aromatic heterocycles. The fraction of sp³-hybridized carbons (Fsp3) is 0.846. The van der Waals surface area contributed by atoms with Crippen LogP contribution in [-0.4, -0.2) is 4.75 Å². The largest absolute Gasteiger partial charge is 0.124 e. The van der Waals surface area contributed by atoms with Crippen LogP contribution in [0, 0.1) is 11.8 Å². The van der Waals surface area contributed by atoms with Crippen LogP contribution in [0.1, 0.15) is 54.4 Å². The number of rotatable bonds is 2. The topological polar surface area (TPSA) is 0 Å². The monoisotopic (exact) mass is 212 g/mol. The van der Waals surface area contributed by atoms with Gasteiger partial charge >= 0.3 is 0 Å². The maximum absolute atomic E-state index is 2.37. The molecule has 0 fully saturated rings. The van der Waals surface area contributed by atoms with Crippen LogP contribution in [0.2, 0.25) is 0 Å². The Labute approximate surface area is 93.5 Å². The minimum absolute atomic E-state index is 0.456. The lowest BCUT2D eigenvalue weighted by Gasteiger charge is -2.35. The molecule has 0 aromatic carbocycles. The van der Waals surface area contributed by atoms with Crippen molar-refractivity contribution in [3.8, 4) is 0 Å². The van der Waals surface area contributed by atoms with E-state index in [9.17, 15) is 0 Å². The quantitative estimate of drug-likeness (QED) is 0.630. The van der Waals surface area contributed by atoms with E-state index >= 15 is 0 Å². The molecule has 0 N–H and O–H groups in total. The van der Waals surface area contributed by atoms with Crippen LogP contribution in [0.5, 0.6) is 0 Å². The van der Waals surface area contributed by atoms with Gasteiger partial charge in [-0.05, 0) is 29.6 Å². The van der Waals surface area contributed by atoms with E-state index in [1.54, 1.807) is 10.5 Å². The molecule has 0 spiro atoms. The average molecular weight is 212 g/mol. The highest BCUT2D eigenvalue weighted by atomic mass is 32.2. The second-order valence-corrected chi connectivity index (χ2v) is 7.31. The minimum Gasteiger partial charge on any atom is -0.124 e. The summed E-state index contributed by atoms with van der Waals surface area (Å²) in [6, 6.07) is 0. The molecular formula is C13H24S. The summed E-state index contributed by atoms with van der Waals surface area (Å²) < 4.78 is 0.456. The molecule has 0 nitrogen and oxygen atoms in total. The van der Waals surface area contributed by atoms with Crippen LogP contribution in [0.25, 0.3) is 0 Å². The highest BCUT2D eigenvalue weighted by molar-refractivity contribution is 8.04. The molecule has 82 valence electrons. The Bertz CT molecular complexity index is 234. The van der Waals surface area contributed by atoms with Crippen LogP contribution in [0.15, 0.2) is 10.5 Å². The van der Waals surface area contributed by atoms with Gasteiger partial charge in [0.2, 0.25) is 0 Å². The van der Waals surface area contributed by atoms with Gasteiger partial charge < -0.3 is 0 Å². The summed E-state index contributed by atoms with van der Waals surface area (Å²) in [7, 11) is 0. The third-order valence-electron chi connectivity index (χ3n) is 2.92. The van der Waals surface area contributed by atoms with E-state index in [2.05, 4.69) is 53.3 Å². The summed E-state index contributed by atoms with van der Waals surface area (Å²) in [5, 5.41) is 0. The number of hydrogen-bond donors (Lipinski definition) is 0. The summed E-state index contributed by atoms with van der Waals surface area (Å²) in [5.41, 5.74) is 1.71. The van der Waals surface area contributed by atoms with E-state index in [-0.39, 0.29) is 0 Å². The van der Waals surface area contributed by atoms with Crippen LogP contribution in [-0.2, 0) is 0 Å². The van der Waals surface area contributed by atoms with Crippen molar-refractivity contribution < 1.29 is 0 Å². The van der Waals surface area contributed by atoms with E-state index < -0.39 is 0 Å². The zero-order chi connectivity index (χ0) is 10.9. The Morgan fingerprint density at radius 3 is 2.07 bits per heavy atom. The molecular weight excluding hydrogens is 188 g/mol. The Balaban J connectivity index is 2.96. The van der Waals surface area contributed by atoms with Crippen molar-refractivity contribution in [2.24, 2.45) is 11.8 Å². The Morgan fingerprint density at radius 1 is 1.07 bits per heavy atom. The molecule has 0 amide bonds. The summed E-state index contributed by atoms with van der Waals surface area (Å²) in [5.74, 6) is 1.44. The molecule has 1 heterocycles. The van der Waals surface area contributed by atoms with Gasteiger partial charge in [-0.3, -0.25) is 0 Å². The molecule has 1 aliphatic rings. The Kier molecular flexibility index (Phi) is 3.74. The summed E-state index contributed by atoms with van der Waals surface area (Å²) in [6.07, 6.45) is 2.65. The number of thioether (sulfide) groups is 1. The number of hydrogen-bond acceptors (Lipinski definition) is 1. The smallest absolute Gasteiger partial charge is 0.0150 e. The maximum atomic E-state index is 2.37. The average Bonchev–Trinajstić information content (AvgIpc) is 2.01. The second-order valence-electron chi connectivity index (χ2n) is 5.56. The van der Waals surface area contributed by atoms with Gasteiger partial charge in [0.1, 0.15) is 0 Å². The van der Waals surface area contributed by atoms with E-state index in [1.165, 1.54) is 12.8 Å². The molecule has 0 radical (unpaired) electrons. The van der Waals surface area contributed by atoms with E-state index in [0.717, 1.165) is 5.92 Å². The van der Waals surface area contributed by atoms with Crippen molar-refractivity contribution in [1.29, 1.82) is 0 Å². The van der Waals surface area contributed by atoms with Gasteiger partial charge in [0.15, 0.2) is 0 Å². The van der Waals surface area contributed by atoms with Crippen molar-refractivity contribution >= 4 is 11.8 Å². The van der Waals surface area contributed by atoms with Crippen LogP contribution in [0.3, 0.4) is 0 Å². The van der Waals surface area contributed by atoms with Crippen molar-refractivity contribution in [2.45, 2.75) is 59.1 Å². The van der Waals surface area contributed by atoms with Gasteiger partial charge in [-0.25, -0.2) is 0 Å². The summed E-state index contributed by atoms with van der Waals surface area (Å²) in [6.45, 7) is 14.1. The lowest BCUT2D eigenvalue weighted by molar-refractivity contribution is 0.573. The molecule has 14 heavy (non-hydrogen) atoms. The molecule has 0 unspecified atom stereocenters. The molecule has 0 bridgehead atoms. The van der Waals surface area contributed by atoms with E-state index in [4.69, 9.17) is 0 Å². The van der Waals surface area contributed by atoms with Gasteiger partial charge in [0, 0.05) is 4.75 Å². The van der Waals surface area contributed by atoms with Crippen molar-refractivity contribution in [3.63, 3.8) is 0 Å². The zero-order valence-corrected chi connectivity index (χ0v) is 11.3. The Hall–Kier alpha value is 0.0900. The predicted octanol–water partition coefficient (Wildman–Crippen LogP) is 4.86. The first-order valence-corrected chi connectivity index (χ1v) is 6.57. The Morgan fingerprint density at radius 2 is 1.64 bits per heavy atom.